The second-order valence-electron chi connectivity index (χ2n) is 13.7. The van der Waals surface area contributed by atoms with Gasteiger partial charge in [-0.15, -0.1) is 5.10 Å². The van der Waals surface area contributed by atoms with Crippen LogP contribution in [0, 0.1) is 11.8 Å². The summed E-state index contributed by atoms with van der Waals surface area (Å²) in [6.07, 6.45) is 2.13. The predicted octanol–water partition coefficient (Wildman–Crippen LogP) is 5.24. The molecule has 3 aliphatic rings. The molecule has 0 radical (unpaired) electrons. The Kier molecular flexibility index (Phi) is 8.66. The number of nitrogens with zero attached hydrogens (tertiary/aromatic N) is 5. The molecule has 7 rings (SSSR count). The molecule has 0 aliphatic carbocycles. The normalized spacial score (nSPS) is 23.4. The maximum atomic E-state index is 15.1. The fourth-order valence-corrected chi connectivity index (χ4v) is 8.23. The Balaban J connectivity index is 1.33. The fourth-order valence-electron chi connectivity index (χ4n) is 8.23. The summed E-state index contributed by atoms with van der Waals surface area (Å²) in [5.74, 6) is 0.305. The standard InChI is InChI=1S/C38H43N5O6/c1-25-34(37(2,3)27-10-13-30(47-4)14-11-27)33(16-18-41-24-28(17-20-44)39-40-41)49-38(25)31-22-29(42-19-21-48-36(42)46)12-15-32(31)43(35(38)45)23-26-8-6-5-7-9-26/h5-15,22,24-25,33-34,44H,16-21,23H2,1-4H3/t25-,33+,34-,38+/m1/s1. The topological polar surface area (TPSA) is 119 Å². The van der Waals surface area contributed by atoms with Crippen molar-refractivity contribution in [2.45, 2.75) is 63.8 Å². The molecule has 0 saturated carbocycles. The fraction of sp³-hybridized carbons (Fsp3) is 0.421. The molecule has 1 N–H and O–H groups in total. The van der Waals surface area contributed by atoms with E-state index in [0.29, 0.717) is 44.8 Å². The number of ether oxygens (including phenoxy) is 3. The van der Waals surface area contributed by atoms with Gasteiger partial charge in [-0.05, 0) is 53.3 Å². The highest BCUT2D eigenvalue weighted by molar-refractivity contribution is 6.08. The van der Waals surface area contributed by atoms with Gasteiger partial charge in [-0.1, -0.05) is 68.4 Å². The van der Waals surface area contributed by atoms with Crippen LogP contribution < -0.4 is 14.5 Å². The molecular formula is C38H43N5O6. The van der Waals surface area contributed by atoms with Gasteiger partial charge in [0.05, 0.1) is 37.7 Å². The second-order valence-corrected chi connectivity index (χ2v) is 13.7. The molecule has 4 aromatic rings. The van der Waals surface area contributed by atoms with Crippen LogP contribution in [0.5, 0.6) is 5.75 Å². The van der Waals surface area contributed by atoms with Gasteiger partial charge in [0.25, 0.3) is 5.91 Å². The molecule has 2 amide bonds. The number of methoxy groups -OCH3 is 1. The smallest absolute Gasteiger partial charge is 0.414 e. The largest absolute Gasteiger partial charge is 0.497 e. The number of cyclic esters (lactones) is 1. The van der Waals surface area contributed by atoms with Gasteiger partial charge in [-0.25, -0.2) is 4.79 Å². The number of hydrogen-bond donors (Lipinski definition) is 1. The minimum absolute atomic E-state index is 0.000724. The zero-order valence-electron chi connectivity index (χ0n) is 28.4. The first kappa shape index (κ1) is 32.8. The van der Waals surface area contributed by atoms with Crippen molar-refractivity contribution in [2.24, 2.45) is 11.8 Å². The Hall–Kier alpha value is -4.74. The molecule has 1 spiro atoms. The highest BCUT2D eigenvalue weighted by atomic mass is 16.6. The number of aliphatic hydroxyl groups is 1. The number of rotatable bonds is 11. The van der Waals surface area contributed by atoms with E-state index in [2.05, 4.69) is 43.2 Å². The molecule has 3 aliphatic heterocycles. The molecule has 2 saturated heterocycles. The summed E-state index contributed by atoms with van der Waals surface area (Å²) < 4.78 is 19.8. The van der Waals surface area contributed by atoms with Gasteiger partial charge < -0.3 is 24.2 Å². The molecule has 4 atom stereocenters. The number of hydrogen-bond acceptors (Lipinski definition) is 8. The molecule has 4 heterocycles. The molecule has 0 unspecified atom stereocenters. The Labute approximate surface area is 286 Å². The van der Waals surface area contributed by atoms with E-state index in [1.807, 2.05) is 71.8 Å². The first-order valence-electron chi connectivity index (χ1n) is 16.9. The van der Waals surface area contributed by atoms with Gasteiger partial charge in [0, 0.05) is 48.9 Å². The van der Waals surface area contributed by atoms with Gasteiger partial charge in [0.2, 0.25) is 0 Å². The summed E-state index contributed by atoms with van der Waals surface area (Å²) in [5.41, 5.74) is 3.35. The number of amides is 2. The quantitative estimate of drug-likeness (QED) is 0.231. The van der Waals surface area contributed by atoms with E-state index < -0.39 is 17.1 Å². The maximum Gasteiger partial charge on any atom is 0.414 e. The van der Waals surface area contributed by atoms with Crippen molar-refractivity contribution in [1.29, 1.82) is 0 Å². The first-order chi connectivity index (χ1) is 23.7. The third-order valence-electron chi connectivity index (χ3n) is 10.7. The van der Waals surface area contributed by atoms with Crippen molar-refractivity contribution in [3.8, 4) is 5.75 Å². The molecule has 11 heteroatoms. The monoisotopic (exact) mass is 665 g/mol. The van der Waals surface area contributed by atoms with Crippen molar-refractivity contribution in [2.75, 3.05) is 36.7 Å². The van der Waals surface area contributed by atoms with Crippen molar-refractivity contribution in [3.63, 3.8) is 0 Å². The number of carbonyl (C=O) groups is 2. The van der Waals surface area contributed by atoms with Crippen LogP contribution in [0.25, 0.3) is 0 Å². The second kappa shape index (κ2) is 12.9. The van der Waals surface area contributed by atoms with Crippen LogP contribution in [0.1, 0.15) is 49.6 Å². The number of aliphatic hydroxyl groups excluding tert-OH is 1. The van der Waals surface area contributed by atoms with Gasteiger partial charge in [-0.2, -0.15) is 0 Å². The predicted molar refractivity (Wildman–Crippen MR) is 183 cm³/mol. The minimum atomic E-state index is -1.30. The number of aromatic nitrogens is 3. The van der Waals surface area contributed by atoms with E-state index in [1.54, 1.807) is 16.7 Å². The highest BCUT2D eigenvalue weighted by Gasteiger charge is 2.66. The van der Waals surface area contributed by atoms with Crippen molar-refractivity contribution in [3.05, 3.63) is 101 Å². The summed E-state index contributed by atoms with van der Waals surface area (Å²) in [5, 5.41) is 17.9. The molecule has 49 heavy (non-hydrogen) atoms. The highest BCUT2D eigenvalue weighted by Crippen LogP contribution is 2.60. The average molecular weight is 666 g/mol. The Morgan fingerprint density at radius 2 is 1.84 bits per heavy atom. The van der Waals surface area contributed by atoms with Crippen LogP contribution in [0.3, 0.4) is 0 Å². The molecule has 2 fully saturated rings. The summed E-state index contributed by atoms with van der Waals surface area (Å²) in [7, 11) is 1.66. The van der Waals surface area contributed by atoms with Crippen LogP contribution in [0.2, 0.25) is 0 Å². The molecule has 256 valence electrons. The van der Waals surface area contributed by atoms with Crippen LogP contribution in [-0.2, 0) is 44.8 Å². The molecule has 11 nitrogen and oxygen atoms in total. The lowest BCUT2D eigenvalue weighted by atomic mass is 9.63. The summed E-state index contributed by atoms with van der Waals surface area (Å²) in [6.45, 7) is 8.24. The van der Waals surface area contributed by atoms with E-state index in [9.17, 15) is 9.90 Å². The van der Waals surface area contributed by atoms with Gasteiger partial charge in [0.15, 0.2) is 5.60 Å². The number of fused-ring (bicyclic) bond motifs is 2. The lowest BCUT2D eigenvalue weighted by Gasteiger charge is -2.38. The molecule has 0 bridgehead atoms. The van der Waals surface area contributed by atoms with Crippen LogP contribution in [-0.4, -0.2) is 65.1 Å². The lowest BCUT2D eigenvalue weighted by molar-refractivity contribution is -0.146. The zero-order valence-corrected chi connectivity index (χ0v) is 28.4. The number of carbonyl (C=O) groups excluding carboxylic acids is 2. The summed E-state index contributed by atoms with van der Waals surface area (Å²) in [4.78, 5) is 31.2. The van der Waals surface area contributed by atoms with Gasteiger partial charge in [0.1, 0.15) is 12.4 Å². The zero-order chi connectivity index (χ0) is 34.3. The van der Waals surface area contributed by atoms with Crippen molar-refractivity contribution in [1.82, 2.24) is 15.0 Å². The van der Waals surface area contributed by atoms with E-state index in [-0.39, 0.29) is 30.5 Å². The Morgan fingerprint density at radius 1 is 1.06 bits per heavy atom. The van der Waals surface area contributed by atoms with Crippen molar-refractivity contribution >= 4 is 23.4 Å². The Morgan fingerprint density at radius 3 is 2.53 bits per heavy atom. The maximum absolute atomic E-state index is 15.1. The SMILES string of the molecule is COc1ccc(C(C)(C)[C@H]2[C@H](CCn3cc(CCO)nn3)O[C@@]3(C(=O)N(Cc4ccccc4)c4ccc(N5CCOC5=O)cc43)[C@@H]2C)cc1. The van der Waals surface area contributed by atoms with E-state index in [0.717, 1.165) is 33.8 Å². The molecule has 3 aromatic carbocycles. The first-order valence-corrected chi connectivity index (χ1v) is 16.9. The van der Waals surface area contributed by atoms with Gasteiger partial charge >= 0.3 is 6.09 Å². The minimum Gasteiger partial charge on any atom is -0.497 e. The third kappa shape index (κ3) is 5.64. The van der Waals surface area contributed by atoms with Crippen molar-refractivity contribution < 1.29 is 28.9 Å². The Bertz CT molecular complexity index is 1830. The summed E-state index contributed by atoms with van der Waals surface area (Å²) in [6, 6.07) is 23.9. The number of aryl methyl sites for hydroxylation is 1. The molecular weight excluding hydrogens is 622 g/mol. The average Bonchev–Trinajstić information content (AvgIpc) is 3.87. The molecule has 1 aromatic heterocycles. The third-order valence-corrected chi connectivity index (χ3v) is 10.7. The number of benzene rings is 3. The number of anilines is 2. The van der Waals surface area contributed by atoms with E-state index in [4.69, 9.17) is 14.2 Å². The van der Waals surface area contributed by atoms with E-state index >= 15 is 4.79 Å². The lowest BCUT2D eigenvalue weighted by Crippen LogP contribution is -2.45. The van der Waals surface area contributed by atoms with E-state index in [1.165, 1.54) is 0 Å². The van der Waals surface area contributed by atoms with Crippen LogP contribution in [0.15, 0.2) is 79.0 Å². The van der Waals surface area contributed by atoms with Gasteiger partial charge in [-0.3, -0.25) is 14.4 Å². The van der Waals surface area contributed by atoms with Crippen LogP contribution in [0.4, 0.5) is 16.2 Å². The summed E-state index contributed by atoms with van der Waals surface area (Å²) >= 11 is 0. The van der Waals surface area contributed by atoms with Crippen LogP contribution >= 0.6 is 0 Å².